The molecule has 0 aliphatic carbocycles. The molecule has 0 heterocycles. The van der Waals surface area contributed by atoms with E-state index in [1.807, 2.05) is 13.1 Å². The van der Waals surface area contributed by atoms with E-state index in [-0.39, 0.29) is 5.82 Å². The van der Waals surface area contributed by atoms with Crippen LogP contribution in [0.1, 0.15) is 12.0 Å². The minimum absolute atomic E-state index is 0.129. The molecule has 0 saturated carbocycles. The molecule has 0 fully saturated rings. The van der Waals surface area contributed by atoms with Crippen molar-refractivity contribution < 1.29 is 9.13 Å². The first-order chi connectivity index (χ1) is 7.79. The Balaban J connectivity index is 2.61. The van der Waals surface area contributed by atoms with Crippen molar-refractivity contribution in [3.05, 3.63) is 29.6 Å². The Bertz CT molecular complexity index is 320. The van der Waals surface area contributed by atoms with Gasteiger partial charge in [0.15, 0.2) is 0 Å². The van der Waals surface area contributed by atoms with Gasteiger partial charge in [0.1, 0.15) is 5.82 Å². The van der Waals surface area contributed by atoms with Crippen LogP contribution in [0.3, 0.4) is 0 Å². The molecule has 0 atom stereocenters. The van der Waals surface area contributed by atoms with Gasteiger partial charge in [-0.15, -0.1) is 11.8 Å². The molecule has 0 unspecified atom stereocenters. The summed E-state index contributed by atoms with van der Waals surface area (Å²) in [5.41, 5.74) is 1.02. The zero-order valence-electron chi connectivity index (χ0n) is 9.75. The molecule has 2 nitrogen and oxygen atoms in total. The molecule has 0 aliphatic rings. The maximum Gasteiger partial charge on any atom is 0.137 e. The number of nitrogens with one attached hydrogen (secondary N) is 1. The fraction of sp³-hybridized carbons (Fsp3) is 0.500. The SMILES string of the molecule is CNCc1cccc(F)c1SCCCOC. The highest BCUT2D eigenvalue weighted by Crippen LogP contribution is 2.26. The van der Waals surface area contributed by atoms with Crippen molar-refractivity contribution in [2.75, 3.05) is 26.5 Å². The van der Waals surface area contributed by atoms with E-state index in [0.717, 1.165) is 29.2 Å². The Morgan fingerprint density at radius 1 is 1.44 bits per heavy atom. The van der Waals surface area contributed by atoms with E-state index in [4.69, 9.17) is 4.74 Å². The summed E-state index contributed by atoms with van der Waals surface area (Å²) < 4.78 is 18.6. The molecular formula is C12H18FNOS. The third-order valence-corrected chi connectivity index (χ3v) is 3.39. The summed E-state index contributed by atoms with van der Waals surface area (Å²) in [6.07, 6.45) is 0.939. The third-order valence-electron chi connectivity index (χ3n) is 2.15. The number of methoxy groups -OCH3 is 1. The third kappa shape index (κ3) is 4.12. The van der Waals surface area contributed by atoms with Crippen LogP contribution in [0.2, 0.25) is 0 Å². The van der Waals surface area contributed by atoms with Crippen LogP contribution < -0.4 is 5.32 Å². The molecule has 0 radical (unpaired) electrons. The maximum atomic E-state index is 13.6. The summed E-state index contributed by atoms with van der Waals surface area (Å²) in [5, 5.41) is 3.05. The summed E-state index contributed by atoms with van der Waals surface area (Å²) in [5.74, 6) is 0.751. The van der Waals surface area contributed by atoms with Gasteiger partial charge < -0.3 is 10.1 Å². The number of hydrogen-bond acceptors (Lipinski definition) is 3. The largest absolute Gasteiger partial charge is 0.385 e. The van der Waals surface area contributed by atoms with Crippen LogP contribution >= 0.6 is 11.8 Å². The summed E-state index contributed by atoms with van der Waals surface area (Å²) >= 11 is 1.56. The monoisotopic (exact) mass is 243 g/mol. The van der Waals surface area contributed by atoms with Crippen LogP contribution in [0.5, 0.6) is 0 Å². The lowest BCUT2D eigenvalue weighted by Crippen LogP contribution is -2.07. The molecule has 4 heteroatoms. The summed E-state index contributed by atoms with van der Waals surface area (Å²) in [7, 11) is 3.55. The lowest BCUT2D eigenvalue weighted by Gasteiger charge is -2.09. The van der Waals surface area contributed by atoms with Gasteiger partial charge in [0, 0.05) is 30.9 Å². The number of rotatable bonds is 7. The molecule has 0 bridgehead atoms. The maximum absolute atomic E-state index is 13.6. The second kappa shape index (κ2) is 7.65. The van der Waals surface area contributed by atoms with Crippen molar-refractivity contribution in [3.8, 4) is 0 Å². The van der Waals surface area contributed by atoms with Crippen LogP contribution in [0.25, 0.3) is 0 Å². The first-order valence-corrected chi connectivity index (χ1v) is 6.32. The van der Waals surface area contributed by atoms with Gasteiger partial charge in [-0.2, -0.15) is 0 Å². The number of halogens is 1. The average molecular weight is 243 g/mol. The molecule has 1 aromatic rings. The molecule has 1 rings (SSSR count). The highest BCUT2D eigenvalue weighted by atomic mass is 32.2. The molecule has 0 saturated heterocycles. The average Bonchev–Trinajstić information content (AvgIpc) is 2.28. The van der Waals surface area contributed by atoms with E-state index in [9.17, 15) is 4.39 Å². The van der Waals surface area contributed by atoms with Gasteiger partial charge in [-0.05, 0) is 25.1 Å². The Morgan fingerprint density at radius 2 is 2.25 bits per heavy atom. The Kier molecular flexibility index (Phi) is 6.45. The first-order valence-electron chi connectivity index (χ1n) is 5.33. The minimum atomic E-state index is -0.129. The van der Waals surface area contributed by atoms with Crippen LogP contribution in [-0.2, 0) is 11.3 Å². The van der Waals surface area contributed by atoms with E-state index in [0.29, 0.717) is 6.54 Å². The van der Waals surface area contributed by atoms with Crippen LogP contribution in [0.4, 0.5) is 4.39 Å². The minimum Gasteiger partial charge on any atom is -0.385 e. The second-order valence-corrected chi connectivity index (χ2v) is 4.56. The molecule has 90 valence electrons. The van der Waals surface area contributed by atoms with Crippen molar-refractivity contribution >= 4 is 11.8 Å². The van der Waals surface area contributed by atoms with Crippen molar-refractivity contribution in [2.45, 2.75) is 17.9 Å². The van der Waals surface area contributed by atoms with Gasteiger partial charge in [0.05, 0.1) is 0 Å². The number of ether oxygens (including phenoxy) is 1. The fourth-order valence-electron chi connectivity index (χ4n) is 1.42. The van der Waals surface area contributed by atoms with Gasteiger partial charge in [-0.25, -0.2) is 4.39 Å². The van der Waals surface area contributed by atoms with Gasteiger partial charge >= 0.3 is 0 Å². The fourth-order valence-corrected chi connectivity index (χ4v) is 2.42. The standard InChI is InChI=1S/C12H18FNOS/c1-14-9-10-5-3-6-11(13)12(10)16-8-4-7-15-2/h3,5-6,14H,4,7-9H2,1-2H3. The topological polar surface area (TPSA) is 21.3 Å². The van der Waals surface area contributed by atoms with Gasteiger partial charge in [-0.3, -0.25) is 0 Å². The van der Waals surface area contributed by atoms with Gasteiger partial charge in [-0.1, -0.05) is 12.1 Å². The molecule has 0 aliphatic heterocycles. The van der Waals surface area contributed by atoms with Crippen molar-refractivity contribution in [1.29, 1.82) is 0 Å². The van der Waals surface area contributed by atoms with Crippen molar-refractivity contribution in [2.24, 2.45) is 0 Å². The molecular weight excluding hydrogens is 225 g/mol. The molecule has 1 N–H and O–H groups in total. The van der Waals surface area contributed by atoms with E-state index in [2.05, 4.69) is 5.32 Å². The smallest absolute Gasteiger partial charge is 0.137 e. The van der Waals surface area contributed by atoms with E-state index in [1.165, 1.54) is 6.07 Å². The molecule has 0 spiro atoms. The number of thioether (sulfide) groups is 1. The zero-order valence-corrected chi connectivity index (χ0v) is 10.6. The first kappa shape index (κ1) is 13.5. The Hall–Kier alpha value is -0.580. The lowest BCUT2D eigenvalue weighted by atomic mass is 10.2. The Labute approximate surface area is 101 Å². The number of hydrogen-bond donors (Lipinski definition) is 1. The summed E-state index contributed by atoms with van der Waals surface area (Å²) in [6, 6.07) is 5.22. The quantitative estimate of drug-likeness (QED) is 0.587. The summed E-state index contributed by atoms with van der Waals surface area (Å²) in [4.78, 5) is 0.757. The van der Waals surface area contributed by atoms with Crippen molar-refractivity contribution in [3.63, 3.8) is 0 Å². The van der Waals surface area contributed by atoms with Gasteiger partial charge in [0.25, 0.3) is 0 Å². The molecule has 0 amide bonds. The molecule has 16 heavy (non-hydrogen) atoms. The zero-order chi connectivity index (χ0) is 11.8. The normalized spacial score (nSPS) is 10.7. The lowest BCUT2D eigenvalue weighted by molar-refractivity contribution is 0.200. The van der Waals surface area contributed by atoms with Gasteiger partial charge in [0.2, 0.25) is 0 Å². The van der Waals surface area contributed by atoms with E-state index >= 15 is 0 Å². The van der Waals surface area contributed by atoms with E-state index in [1.54, 1.807) is 24.9 Å². The number of benzene rings is 1. The summed E-state index contributed by atoms with van der Waals surface area (Å²) in [6.45, 7) is 1.42. The Morgan fingerprint density at radius 3 is 2.94 bits per heavy atom. The van der Waals surface area contributed by atoms with Crippen LogP contribution in [-0.4, -0.2) is 26.5 Å². The van der Waals surface area contributed by atoms with E-state index < -0.39 is 0 Å². The highest BCUT2D eigenvalue weighted by molar-refractivity contribution is 7.99. The van der Waals surface area contributed by atoms with Crippen LogP contribution in [0, 0.1) is 5.82 Å². The van der Waals surface area contributed by atoms with Crippen LogP contribution in [0.15, 0.2) is 23.1 Å². The highest BCUT2D eigenvalue weighted by Gasteiger charge is 2.07. The van der Waals surface area contributed by atoms with Crippen molar-refractivity contribution in [1.82, 2.24) is 5.32 Å². The molecule has 1 aromatic carbocycles. The second-order valence-electron chi connectivity index (χ2n) is 3.45. The predicted molar refractivity (Wildman–Crippen MR) is 66.4 cm³/mol. The predicted octanol–water partition coefficient (Wildman–Crippen LogP) is 2.67. The molecule has 0 aromatic heterocycles.